The van der Waals surface area contributed by atoms with E-state index in [4.69, 9.17) is 0 Å². The molecule has 0 amide bonds. The van der Waals surface area contributed by atoms with Gasteiger partial charge in [-0.05, 0) is 5.92 Å². The maximum Gasteiger partial charge on any atom is 0.560 e. The van der Waals surface area contributed by atoms with E-state index in [-0.39, 0.29) is 16.0 Å². The van der Waals surface area contributed by atoms with E-state index >= 15 is 0 Å². The molecular weight excluding hydrogens is 292 g/mol. The largest absolute Gasteiger partial charge is 0.560 e. The van der Waals surface area contributed by atoms with Gasteiger partial charge in [-0.2, -0.15) is 0 Å². The minimum atomic E-state index is 0.0417. The van der Waals surface area contributed by atoms with Crippen molar-refractivity contribution in [3.63, 3.8) is 0 Å². The summed E-state index contributed by atoms with van der Waals surface area (Å²) in [5, 5.41) is 0. The molecule has 1 atom stereocenters. The van der Waals surface area contributed by atoms with Gasteiger partial charge in [0.25, 0.3) is 0 Å². The third-order valence-electron chi connectivity index (χ3n) is 1.95. The highest BCUT2D eigenvalue weighted by molar-refractivity contribution is 9.47. The van der Waals surface area contributed by atoms with Crippen molar-refractivity contribution >= 4 is 41.8 Å². The number of unbranched alkanes of at least 4 members (excludes halogenated alkanes) is 1. The van der Waals surface area contributed by atoms with Crippen molar-refractivity contribution < 1.29 is 0 Å². The lowest BCUT2D eigenvalue weighted by Gasteiger charge is -2.09. The Bertz CT molecular complexity index is 65.5. The monoisotopic (exact) mass is 309 g/mol. The van der Waals surface area contributed by atoms with Crippen LogP contribution in [-0.2, 0) is 0 Å². The SMILES string of the molecule is [Br][Mg][Br].[CH2]CC(CC)CCCC. The Balaban J connectivity index is 0. The van der Waals surface area contributed by atoms with Crippen molar-refractivity contribution in [2.24, 2.45) is 5.92 Å². The maximum absolute atomic E-state index is 3.91. The Hall–Kier alpha value is 1.73. The fraction of sp³-hybridized carbons (Fsp3) is 0.889. The first-order valence-electron chi connectivity index (χ1n) is 4.67. The zero-order chi connectivity index (χ0) is 9.82. The van der Waals surface area contributed by atoms with Crippen molar-refractivity contribution in [2.75, 3.05) is 0 Å². The Morgan fingerprint density at radius 2 is 1.83 bits per heavy atom. The molecule has 0 fully saturated rings. The lowest BCUT2D eigenvalue weighted by atomic mass is 9.97. The molecule has 3 heteroatoms. The molecule has 0 aliphatic carbocycles. The van der Waals surface area contributed by atoms with Crippen LogP contribution in [0.4, 0.5) is 0 Å². The second-order valence-corrected chi connectivity index (χ2v) is 10.9. The summed E-state index contributed by atoms with van der Waals surface area (Å²) in [6.45, 7) is 8.41. The van der Waals surface area contributed by atoms with Crippen molar-refractivity contribution in [1.82, 2.24) is 0 Å². The fourth-order valence-corrected chi connectivity index (χ4v) is 1.05. The second-order valence-electron chi connectivity index (χ2n) is 2.81. The van der Waals surface area contributed by atoms with E-state index in [9.17, 15) is 0 Å². The van der Waals surface area contributed by atoms with Crippen LogP contribution < -0.4 is 0 Å². The van der Waals surface area contributed by atoms with Gasteiger partial charge < -0.3 is 0 Å². The van der Waals surface area contributed by atoms with Gasteiger partial charge in [0.2, 0.25) is 0 Å². The summed E-state index contributed by atoms with van der Waals surface area (Å²) in [5.41, 5.74) is 0. The van der Waals surface area contributed by atoms with Crippen LogP contribution >= 0.6 is 25.8 Å². The minimum absolute atomic E-state index is 0.0417. The number of hydrogen-bond acceptors (Lipinski definition) is 0. The molecule has 0 rings (SSSR count). The van der Waals surface area contributed by atoms with Gasteiger partial charge >= 0.3 is 16.0 Å². The Kier molecular flexibility index (Phi) is 20.5. The second kappa shape index (κ2) is 15.2. The van der Waals surface area contributed by atoms with Crippen molar-refractivity contribution in [3.8, 4) is 0 Å². The standard InChI is InChI=1S/C9H19.2BrH.Mg/c1-4-7-8-9(5-2)6-3;;;/h9H,2,4-8H2,1,3H3;2*1H;/q;;;+2/p-2. The average molecular weight is 311 g/mol. The molecule has 0 saturated heterocycles. The van der Waals surface area contributed by atoms with Crippen molar-refractivity contribution in [1.29, 1.82) is 0 Å². The zero-order valence-corrected chi connectivity index (χ0v) is 12.9. The molecule has 0 N–H and O–H groups in total. The van der Waals surface area contributed by atoms with Crippen LogP contribution in [0.1, 0.15) is 46.0 Å². The van der Waals surface area contributed by atoms with Gasteiger partial charge in [-0.3, -0.25) is 25.8 Å². The van der Waals surface area contributed by atoms with E-state index in [1.165, 1.54) is 25.7 Å². The summed E-state index contributed by atoms with van der Waals surface area (Å²) in [7, 11) is 0. The van der Waals surface area contributed by atoms with Gasteiger partial charge in [0.05, 0.1) is 0 Å². The van der Waals surface area contributed by atoms with Crippen LogP contribution in [0.5, 0.6) is 0 Å². The number of hydrogen-bond donors (Lipinski definition) is 0. The highest BCUT2D eigenvalue weighted by Gasteiger charge is 2.00. The third-order valence-corrected chi connectivity index (χ3v) is 1.95. The molecule has 1 unspecified atom stereocenters. The molecule has 0 saturated carbocycles. The fourth-order valence-electron chi connectivity index (χ4n) is 1.05. The number of halogens is 2. The predicted octanol–water partition coefficient (Wildman–Crippen LogP) is 4.74. The van der Waals surface area contributed by atoms with Gasteiger partial charge in [0.1, 0.15) is 0 Å². The Labute approximate surface area is 99.7 Å². The Morgan fingerprint density at radius 1 is 1.33 bits per heavy atom. The summed E-state index contributed by atoms with van der Waals surface area (Å²) in [6.07, 6.45) is 6.53. The molecule has 0 aliphatic heterocycles. The molecule has 0 aromatic heterocycles. The van der Waals surface area contributed by atoms with E-state index in [2.05, 4.69) is 46.5 Å². The summed E-state index contributed by atoms with van der Waals surface area (Å²) in [5.74, 6) is 0.893. The Morgan fingerprint density at radius 3 is 2.08 bits per heavy atom. The highest BCUT2D eigenvalue weighted by atomic mass is 79.9. The molecular formula is C9H19Br2Mg. The van der Waals surface area contributed by atoms with E-state index < -0.39 is 0 Å². The summed E-state index contributed by atoms with van der Waals surface area (Å²) >= 11 is 6.44. The van der Waals surface area contributed by atoms with Gasteiger partial charge in [-0.25, -0.2) is 0 Å². The molecule has 12 heavy (non-hydrogen) atoms. The van der Waals surface area contributed by atoms with E-state index in [0.29, 0.717) is 0 Å². The number of rotatable bonds is 5. The van der Waals surface area contributed by atoms with Crippen LogP contribution in [0, 0.1) is 12.8 Å². The molecule has 0 heterocycles. The molecule has 0 nitrogen and oxygen atoms in total. The van der Waals surface area contributed by atoms with Crippen LogP contribution in [0.3, 0.4) is 0 Å². The van der Waals surface area contributed by atoms with E-state index in [1.807, 2.05) is 0 Å². The predicted molar refractivity (Wildman–Crippen MR) is 66.9 cm³/mol. The normalized spacial score (nSPS) is 8.83. The molecule has 71 valence electrons. The van der Waals surface area contributed by atoms with Crippen molar-refractivity contribution in [3.05, 3.63) is 6.92 Å². The first-order chi connectivity index (χ1) is 5.76. The quantitative estimate of drug-likeness (QED) is 0.644. The van der Waals surface area contributed by atoms with Crippen LogP contribution in [-0.4, -0.2) is 16.0 Å². The topological polar surface area (TPSA) is 0 Å². The maximum atomic E-state index is 3.91. The third kappa shape index (κ3) is 14.3. The first kappa shape index (κ1) is 16.2. The minimum Gasteiger partial charge on any atom is -0.280 e. The average Bonchev–Trinajstić information content (AvgIpc) is 2.08. The molecule has 0 aromatic carbocycles. The summed E-state index contributed by atoms with van der Waals surface area (Å²) < 4.78 is 0. The van der Waals surface area contributed by atoms with Crippen LogP contribution in [0.25, 0.3) is 0 Å². The zero-order valence-electron chi connectivity index (χ0n) is 8.28. The molecule has 0 spiro atoms. The summed E-state index contributed by atoms with van der Waals surface area (Å²) in [6, 6.07) is 0. The van der Waals surface area contributed by atoms with Crippen LogP contribution in [0.15, 0.2) is 0 Å². The molecule has 0 aliphatic rings. The first-order valence-corrected chi connectivity index (χ1v) is 12.5. The van der Waals surface area contributed by atoms with Gasteiger partial charge in [0.15, 0.2) is 0 Å². The van der Waals surface area contributed by atoms with Gasteiger partial charge in [-0.1, -0.05) is 52.9 Å². The van der Waals surface area contributed by atoms with E-state index in [1.54, 1.807) is 0 Å². The van der Waals surface area contributed by atoms with E-state index in [0.717, 1.165) is 12.3 Å². The van der Waals surface area contributed by atoms with Gasteiger partial charge in [-0.15, -0.1) is 0 Å². The van der Waals surface area contributed by atoms with Crippen LogP contribution in [0.2, 0.25) is 0 Å². The van der Waals surface area contributed by atoms with Crippen molar-refractivity contribution in [2.45, 2.75) is 46.0 Å². The molecule has 0 aromatic rings. The van der Waals surface area contributed by atoms with Gasteiger partial charge in [0, 0.05) is 0 Å². The molecule has 1 radical (unpaired) electrons. The lowest BCUT2D eigenvalue weighted by molar-refractivity contribution is 0.455. The lowest BCUT2D eigenvalue weighted by Crippen LogP contribution is -1.95. The summed E-state index contributed by atoms with van der Waals surface area (Å²) in [4.78, 5) is 0. The molecule has 0 bridgehead atoms. The smallest absolute Gasteiger partial charge is 0.280 e. The highest BCUT2D eigenvalue weighted by Crippen LogP contribution is 2.14.